The van der Waals surface area contributed by atoms with Crippen LogP contribution in [-0.4, -0.2) is 33.0 Å². The van der Waals surface area contributed by atoms with Crippen LogP contribution in [0.15, 0.2) is 42.7 Å². The number of rotatable bonds is 6. The van der Waals surface area contributed by atoms with Crippen molar-refractivity contribution >= 4 is 5.97 Å². The second-order valence-corrected chi connectivity index (χ2v) is 4.90. The Morgan fingerprint density at radius 1 is 1.24 bits per heavy atom. The van der Waals surface area contributed by atoms with Crippen LogP contribution in [0, 0.1) is 0 Å². The summed E-state index contributed by atoms with van der Waals surface area (Å²) in [4.78, 5) is 21.9. The van der Waals surface area contributed by atoms with Crippen LogP contribution >= 0.6 is 0 Å². The van der Waals surface area contributed by atoms with Crippen molar-refractivity contribution in [1.29, 1.82) is 0 Å². The summed E-state index contributed by atoms with van der Waals surface area (Å²) in [5, 5.41) is 9.22. The Hall–Kier alpha value is -2.27. The van der Waals surface area contributed by atoms with Gasteiger partial charge in [0.05, 0.1) is 23.0 Å². The number of hydrogen-bond acceptors (Lipinski definition) is 4. The highest BCUT2D eigenvalue weighted by Gasteiger charge is 2.19. The van der Waals surface area contributed by atoms with Gasteiger partial charge in [0.25, 0.3) is 0 Å². The van der Waals surface area contributed by atoms with Crippen molar-refractivity contribution in [2.75, 3.05) is 7.05 Å². The summed E-state index contributed by atoms with van der Waals surface area (Å²) in [5.74, 6) is -0.947. The van der Waals surface area contributed by atoms with Gasteiger partial charge in [-0.2, -0.15) is 0 Å². The second kappa shape index (κ2) is 6.95. The molecular weight excluding hydrogens is 266 g/mol. The minimum absolute atomic E-state index is 0.134. The first kappa shape index (κ1) is 15.1. The van der Waals surface area contributed by atoms with Crippen LogP contribution in [0.25, 0.3) is 0 Å². The average Bonchev–Trinajstić information content (AvgIpc) is 2.49. The van der Waals surface area contributed by atoms with Crippen LogP contribution in [0.2, 0.25) is 0 Å². The van der Waals surface area contributed by atoms with Crippen molar-refractivity contribution in [3.8, 4) is 0 Å². The smallest absolute Gasteiger partial charge is 0.337 e. The van der Waals surface area contributed by atoms with Crippen LogP contribution in [0.1, 0.15) is 41.1 Å². The van der Waals surface area contributed by atoms with Crippen molar-refractivity contribution in [3.63, 3.8) is 0 Å². The highest BCUT2D eigenvalue weighted by atomic mass is 16.4. The average molecular weight is 285 g/mol. The van der Waals surface area contributed by atoms with Gasteiger partial charge in [-0.05, 0) is 37.7 Å². The maximum absolute atomic E-state index is 11.2. The number of pyridine rings is 2. The van der Waals surface area contributed by atoms with Crippen molar-refractivity contribution in [3.05, 3.63) is 59.7 Å². The third-order valence-electron chi connectivity index (χ3n) is 3.47. The van der Waals surface area contributed by atoms with E-state index >= 15 is 0 Å². The van der Waals surface area contributed by atoms with Gasteiger partial charge in [0.1, 0.15) is 0 Å². The summed E-state index contributed by atoms with van der Waals surface area (Å²) in [6.45, 7) is 2.56. The lowest BCUT2D eigenvalue weighted by Gasteiger charge is -2.26. The lowest BCUT2D eigenvalue weighted by Crippen LogP contribution is -2.26. The molecule has 0 amide bonds. The van der Waals surface area contributed by atoms with E-state index < -0.39 is 5.97 Å². The van der Waals surface area contributed by atoms with Gasteiger partial charge in [-0.25, -0.2) is 4.79 Å². The molecular formula is C16H19N3O2. The van der Waals surface area contributed by atoms with Crippen molar-refractivity contribution in [2.24, 2.45) is 0 Å². The van der Waals surface area contributed by atoms with Gasteiger partial charge in [-0.3, -0.25) is 14.9 Å². The van der Waals surface area contributed by atoms with Crippen molar-refractivity contribution in [1.82, 2.24) is 14.9 Å². The Labute approximate surface area is 124 Å². The van der Waals surface area contributed by atoms with E-state index in [0.29, 0.717) is 12.2 Å². The number of carbonyl (C=O) groups is 1. The summed E-state index contributed by atoms with van der Waals surface area (Å²) in [5.41, 5.74) is 1.80. The largest absolute Gasteiger partial charge is 0.478 e. The number of nitrogens with zero attached hydrogens (tertiary/aromatic N) is 3. The van der Waals surface area contributed by atoms with E-state index in [1.54, 1.807) is 24.5 Å². The molecule has 0 aliphatic carbocycles. The summed E-state index contributed by atoms with van der Waals surface area (Å²) in [7, 11) is 1.96. The molecule has 0 aliphatic rings. The topological polar surface area (TPSA) is 66.3 Å². The SMILES string of the molecule is CCC(c1ccccn1)N(C)Cc1ncccc1C(=O)O. The summed E-state index contributed by atoms with van der Waals surface area (Å²) >= 11 is 0. The molecule has 0 aliphatic heterocycles. The molecule has 1 unspecified atom stereocenters. The molecule has 0 fully saturated rings. The monoisotopic (exact) mass is 285 g/mol. The minimum atomic E-state index is -0.947. The molecule has 0 saturated heterocycles. The minimum Gasteiger partial charge on any atom is -0.478 e. The van der Waals surface area contributed by atoms with E-state index in [1.807, 2.05) is 25.2 Å². The van der Waals surface area contributed by atoms with Gasteiger partial charge in [-0.1, -0.05) is 13.0 Å². The quantitative estimate of drug-likeness (QED) is 0.884. The fourth-order valence-corrected chi connectivity index (χ4v) is 2.42. The molecule has 2 heterocycles. The Kier molecular flexibility index (Phi) is 5.00. The fourth-order valence-electron chi connectivity index (χ4n) is 2.42. The predicted octanol–water partition coefficient (Wildman–Crippen LogP) is 2.76. The molecule has 0 spiro atoms. The summed E-state index contributed by atoms with van der Waals surface area (Å²) in [6.07, 6.45) is 4.29. The summed E-state index contributed by atoms with van der Waals surface area (Å²) in [6, 6.07) is 9.19. The normalized spacial score (nSPS) is 12.3. The van der Waals surface area contributed by atoms with Crippen LogP contribution < -0.4 is 0 Å². The molecule has 2 aromatic rings. The molecule has 2 rings (SSSR count). The van der Waals surface area contributed by atoms with E-state index in [-0.39, 0.29) is 11.6 Å². The van der Waals surface area contributed by atoms with E-state index in [0.717, 1.165) is 12.1 Å². The third kappa shape index (κ3) is 3.64. The van der Waals surface area contributed by atoms with Crippen LogP contribution in [0.3, 0.4) is 0 Å². The van der Waals surface area contributed by atoms with Gasteiger partial charge < -0.3 is 5.11 Å². The van der Waals surface area contributed by atoms with Crippen LogP contribution in [-0.2, 0) is 6.54 Å². The zero-order valence-electron chi connectivity index (χ0n) is 12.2. The zero-order valence-corrected chi connectivity index (χ0v) is 12.2. The van der Waals surface area contributed by atoms with E-state index in [1.165, 1.54) is 0 Å². The van der Waals surface area contributed by atoms with Crippen molar-refractivity contribution < 1.29 is 9.90 Å². The molecule has 1 atom stereocenters. The van der Waals surface area contributed by atoms with Gasteiger partial charge in [0.2, 0.25) is 0 Å². The highest BCUT2D eigenvalue weighted by molar-refractivity contribution is 5.88. The molecule has 5 heteroatoms. The molecule has 21 heavy (non-hydrogen) atoms. The van der Waals surface area contributed by atoms with Crippen LogP contribution in [0.5, 0.6) is 0 Å². The molecule has 0 aromatic carbocycles. The predicted molar refractivity (Wildman–Crippen MR) is 79.9 cm³/mol. The Morgan fingerprint density at radius 2 is 2.00 bits per heavy atom. The molecule has 0 saturated carbocycles. The van der Waals surface area contributed by atoms with Gasteiger partial charge in [0, 0.05) is 18.9 Å². The number of aromatic nitrogens is 2. The first-order valence-corrected chi connectivity index (χ1v) is 6.91. The Balaban J connectivity index is 2.21. The highest BCUT2D eigenvalue weighted by Crippen LogP contribution is 2.22. The maximum atomic E-state index is 11.2. The molecule has 2 aromatic heterocycles. The molecule has 0 bridgehead atoms. The molecule has 1 N–H and O–H groups in total. The van der Waals surface area contributed by atoms with Crippen molar-refractivity contribution in [2.45, 2.75) is 25.9 Å². The third-order valence-corrected chi connectivity index (χ3v) is 3.47. The molecule has 0 radical (unpaired) electrons. The standard InChI is InChI=1S/C16H19N3O2/c1-3-15(13-8-4-5-9-17-13)19(2)11-14-12(16(20)21)7-6-10-18-14/h4-10,15H,3,11H2,1-2H3,(H,20,21). The van der Waals surface area contributed by atoms with E-state index in [9.17, 15) is 9.90 Å². The summed E-state index contributed by atoms with van der Waals surface area (Å²) < 4.78 is 0. The second-order valence-electron chi connectivity index (χ2n) is 4.90. The Morgan fingerprint density at radius 3 is 2.62 bits per heavy atom. The number of carboxylic acid groups (broad SMARTS) is 1. The molecule has 110 valence electrons. The number of carboxylic acids is 1. The number of aromatic carboxylic acids is 1. The van der Waals surface area contributed by atoms with Gasteiger partial charge >= 0.3 is 5.97 Å². The molecule has 5 nitrogen and oxygen atoms in total. The maximum Gasteiger partial charge on any atom is 0.337 e. The first-order chi connectivity index (χ1) is 10.1. The van der Waals surface area contributed by atoms with E-state index in [4.69, 9.17) is 0 Å². The lowest BCUT2D eigenvalue weighted by atomic mass is 10.1. The van der Waals surface area contributed by atoms with Crippen LogP contribution in [0.4, 0.5) is 0 Å². The fraction of sp³-hybridized carbons (Fsp3) is 0.312. The lowest BCUT2D eigenvalue weighted by molar-refractivity contribution is 0.0693. The first-order valence-electron chi connectivity index (χ1n) is 6.91. The van der Waals surface area contributed by atoms with Gasteiger partial charge in [0.15, 0.2) is 0 Å². The Bertz CT molecular complexity index is 601. The number of hydrogen-bond donors (Lipinski definition) is 1. The van der Waals surface area contributed by atoms with E-state index in [2.05, 4.69) is 21.8 Å². The van der Waals surface area contributed by atoms with Gasteiger partial charge in [-0.15, -0.1) is 0 Å². The zero-order chi connectivity index (χ0) is 15.2.